The maximum atomic E-state index is 8.63. The number of rotatable bonds is 7. The lowest BCUT2D eigenvalue weighted by molar-refractivity contribution is 0.0992. The van der Waals surface area contributed by atoms with Crippen LogP contribution in [0.5, 0.6) is 0 Å². The molecular weight excluding hydrogens is 282 g/mol. The number of hydrogen-bond donors (Lipinski definition) is 2. The summed E-state index contributed by atoms with van der Waals surface area (Å²) in [7, 11) is 0. The van der Waals surface area contributed by atoms with Gasteiger partial charge in [0.15, 0.2) is 11.5 Å². The van der Waals surface area contributed by atoms with Gasteiger partial charge < -0.3 is 19.7 Å². The van der Waals surface area contributed by atoms with Gasteiger partial charge in [0.25, 0.3) is 0 Å². The molecule has 0 spiro atoms. The van der Waals surface area contributed by atoms with E-state index in [1.165, 1.54) is 0 Å². The van der Waals surface area contributed by atoms with Crippen molar-refractivity contribution in [3.63, 3.8) is 0 Å². The summed E-state index contributed by atoms with van der Waals surface area (Å²) in [4.78, 5) is 12.6. The summed E-state index contributed by atoms with van der Waals surface area (Å²) in [6.07, 6.45) is 1.73. The minimum Gasteiger partial charge on any atom is -0.394 e. The van der Waals surface area contributed by atoms with Crippen molar-refractivity contribution in [2.45, 2.75) is 19.9 Å². The van der Waals surface area contributed by atoms with Crippen LogP contribution in [0.3, 0.4) is 0 Å². The molecule has 2 rings (SSSR count). The number of anilines is 1. The van der Waals surface area contributed by atoms with Crippen LogP contribution >= 0.6 is 11.6 Å². The molecular formula is C12H18ClN5O2. The number of aliphatic hydroxyl groups is 1. The van der Waals surface area contributed by atoms with E-state index < -0.39 is 0 Å². The predicted octanol–water partition coefficient (Wildman–Crippen LogP) is 1.48. The average molecular weight is 300 g/mol. The molecule has 7 nitrogen and oxygen atoms in total. The van der Waals surface area contributed by atoms with Crippen molar-refractivity contribution in [1.82, 2.24) is 19.5 Å². The summed E-state index contributed by atoms with van der Waals surface area (Å²) in [5, 5.41) is 12.0. The second-order valence-electron chi connectivity index (χ2n) is 4.52. The van der Waals surface area contributed by atoms with Crippen molar-refractivity contribution < 1.29 is 9.84 Å². The van der Waals surface area contributed by atoms with Gasteiger partial charge in [-0.1, -0.05) is 0 Å². The van der Waals surface area contributed by atoms with E-state index in [0.717, 1.165) is 5.52 Å². The largest absolute Gasteiger partial charge is 0.394 e. The molecule has 8 heteroatoms. The molecule has 2 N–H and O–H groups in total. The van der Waals surface area contributed by atoms with Crippen molar-refractivity contribution in [2.24, 2.45) is 0 Å². The highest BCUT2D eigenvalue weighted by Gasteiger charge is 2.14. The maximum absolute atomic E-state index is 8.63. The van der Waals surface area contributed by atoms with Crippen LogP contribution in [0, 0.1) is 0 Å². The van der Waals surface area contributed by atoms with Gasteiger partial charge in [0.1, 0.15) is 5.52 Å². The molecule has 0 atom stereocenters. The van der Waals surface area contributed by atoms with E-state index in [4.69, 9.17) is 21.4 Å². The highest BCUT2D eigenvalue weighted by Crippen LogP contribution is 2.24. The molecule has 110 valence electrons. The quantitative estimate of drug-likeness (QED) is 0.595. The molecule has 0 amide bonds. The summed E-state index contributed by atoms with van der Waals surface area (Å²) in [6, 6.07) is 0.246. The summed E-state index contributed by atoms with van der Waals surface area (Å²) >= 11 is 5.90. The third kappa shape index (κ3) is 3.36. The minimum absolute atomic E-state index is 0.0176. The second kappa shape index (κ2) is 6.83. The molecule has 0 aliphatic rings. The Labute approximate surface area is 122 Å². The second-order valence-corrected chi connectivity index (χ2v) is 4.86. The van der Waals surface area contributed by atoms with E-state index >= 15 is 0 Å². The zero-order chi connectivity index (χ0) is 14.5. The van der Waals surface area contributed by atoms with Crippen LogP contribution in [0.25, 0.3) is 11.2 Å². The highest BCUT2D eigenvalue weighted by atomic mass is 35.5. The molecule has 0 aliphatic carbocycles. The van der Waals surface area contributed by atoms with Crippen LogP contribution in [0.15, 0.2) is 6.33 Å². The molecule has 0 aromatic carbocycles. The zero-order valence-corrected chi connectivity index (χ0v) is 12.3. The number of halogens is 1. The highest BCUT2D eigenvalue weighted by molar-refractivity contribution is 6.28. The number of nitrogens with zero attached hydrogens (tertiary/aromatic N) is 4. The Morgan fingerprint density at radius 2 is 2.20 bits per heavy atom. The normalized spacial score (nSPS) is 11.4. The Morgan fingerprint density at radius 1 is 1.40 bits per heavy atom. The van der Waals surface area contributed by atoms with Crippen molar-refractivity contribution >= 4 is 28.6 Å². The molecule has 2 heterocycles. The third-order valence-electron chi connectivity index (χ3n) is 2.73. The monoisotopic (exact) mass is 299 g/mol. The first kappa shape index (κ1) is 15.0. The van der Waals surface area contributed by atoms with Gasteiger partial charge in [-0.2, -0.15) is 9.97 Å². The molecule has 2 aromatic rings. The van der Waals surface area contributed by atoms with Crippen LogP contribution in [-0.4, -0.2) is 51.0 Å². The first-order valence-corrected chi connectivity index (χ1v) is 6.84. The lowest BCUT2D eigenvalue weighted by Gasteiger charge is -2.12. The first-order chi connectivity index (χ1) is 9.63. The Hall–Kier alpha value is -1.44. The first-order valence-electron chi connectivity index (χ1n) is 6.46. The molecule has 0 bridgehead atoms. The van der Waals surface area contributed by atoms with E-state index in [0.29, 0.717) is 31.2 Å². The number of fused-ring (bicyclic) bond motifs is 1. The predicted molar refractivity (Wildman–Crippen MR) is 77.1 cm³/mol. The minimum atomic E-state index is 0.0176. The fourth-order valence-electron chi connectivity index (χ4n) is 1.84. The van der Waals surface area contributed by atoms with Crippen LogP contribution < -0.4 is 5.32 Å². The fraction of sp³-hybridized carbons (Fsp3) is 0.583. The van der Waals surface area contributed by atoms with Crippen LogP contribution in [0.4, 0.5) is 5.82 Å². The van der Waals surface area contributed by atoms with Gasteiger partial charge in [-0.05, 0) is 25.4 Å². The van der Waals surface area contributed by atoms with Crippen molar-refractivity contribution in [2.75, 3.05) is 31.7 Å². The molecule has 0 radical (unpaired) electrons. The van der Waals surface area contributed by atoms with Gasteiger partial charge >= 0.3 is 0 Å². The number of ether oxygens (including phenoxy) is 1. The summed E-state index contributed by atoms with van der Waals surface area (Å²) in [6.45, 7) is 5.49. The van der Waals surface area contributed by atoms with E-state index in [9.17, 15) is 0 Å². The van der Waals surface area contributed by atoms with E-state index in [-0.39, 0.29) is 17.9 Å². The van der Waals surface area contributed by atoms with Crippen molar-refractivity contribution in [1.29, 1.82) is 0 Å². The van der Waals surface area contributed by atoms with Gasteiger partial charge in [0, 0.05) is 12.6 Å². The SMILES string of the molecule is CC(C)n1cnc2nc(Cl)nc(NCCOCCO)c21. The summed E-state index contributed by atoms with van der Waals surface area (Å²) in [5.41, 5.74) is 1.39. The molecule has 0 fully saturated rings. The summed E-state index contributed by atoms with van der Waals surface area (Å²) in [5.74, 6) is 0.638. The number of imidazole rings is 1. The lowest BCUT2D eigenvalue weighted by Crippen LogP contribution is -2.13. The van der Waals surface area contributed by atoms with E-state index in [1.807, 2.05) is 4.57 Å². The molecule has 0 saturated heterocycles. The van der Waals surface area contributed by atoms with Gasteiger partial charge in [-0.25, -0.2) is 4.98 Å². The van der Waals surface area contributed by atoms with E-state index in [1.54, 1.807) is 6.33 Å². The molecule has 0 saturated carbocycles. The average Bonchev–Trinajstić information content (AvgIpc) is 2.82. The third-order valence-corrected chi connectivity index (χ3v) is 2.90. The fourth-order valence-corrected chi connectivity index (χ4v) is 2.01. The van der Waals surface area contributed by atoms with Crippen molar-refractivity contribution in [3.05, 3.63) is 11.6 Å². The Bertz CT molecular complexity index is 572. The van der Waals surface area contributed by atoms with Crippen LogP contribution in [-0.2, 0) is 4.74 Å². The number of aliphatic hydroxyl groups excluding tert-OH is 1. The van der Waals surface area contributed by atoms with E-state index in [2.05, 4.69) is 34.1 Å². The molecule has 0 unspecified atom stereocenters. The van der Waals surface area contributed by atoms with Crippen LogP contribution in [0.2, 0.25) is 5.28 Å². The number of nitrogens with one attached hydrogen (secondary N) is 1. The Morgan fingerprint density at radius 3 is 2.90 bits per heavy atom. The topological polar surface area (TPSA) is 85.1 Å². The number of hydrogen-bond acceptors (Lipinski definition) is 6. The molecule has 20 heavy (non-hydrogen) atoms. The van der Waals surface area contributed by atoms with Gasteiger partial charge in [-0.3, -0.25) is 0 Å². The Kier molecular flexibility index (Phi) is 5.11. The van der Waals surface area contributed by atoms with Gasteiger partial charge in [0.05, 0.1) is 26.1 Å². The van der Waals surface area contributed by atoms with Crippen molar-refractivity contribution in [3.8, 4) is 0 Å². The number of aromatic nitrogens is 4. The molecule has 0 aliphatic heterocycles. The lowest BCUT2D eigenvalue weighted by atomic mass is 10.3. The summed E-state index contributed by atoms with van der Waals surface area (Å²) < 4.78 is 7.18. The smallest absolute Gasteiger partial charge is 0.226 e. The van der Waals surface area contributed by atoms with Gasteiger partial charge in [-0.15, -0.1) is 0 Å². The standard InChI is InChI=1S/C12H18ClN5O2/c1-8(2)18-7-15-11-9(18)10(16-12(13)17-11)14-3-5-20-6-4-19/h7-8,19H,3-6H2,1-2H3,(H,14,16,17). The van der Waals surface area contributed by atoms with Crippen LogP contribution in [0.1, 0.15) is 19.9 Å². The zero-order valence-electron chi connectivity index (χ0n) is 11.5. The van der Waals surface area contributed by atoms with Gasteiger partial charge in [0.2, 0.25) is 5.28 Å². The Balaban J connectivity index is 2.19. The maximum Gasteiger partial charge on any atom is 0.226 e. The molecule has 2 aromatic heterocycles.